The topological polar surface area (TPSA) is 12.5 Å². The zero-order chi connectivity index (χ0) is 8.27. The molecule has 2 unspecified atom stereocenters. The number of hydrogen-bond donors (Lipinski definition) is 0. The van der Waals surface area contributed by atoms with Gasteiger partial charge in [-0.2, -0.15) is 0 Å². The van der Waals surface area contributed by atoms with E-state index in [0.717, 1.165) is 19.7 Å². The highest BCUT2D eigenvalue weighted by Gasteiger charge is 2.21. The van der Waals surface area contributed by atoms with Crippen molar-refractivity contribution in [2.75, 3.05) is 19.7 Å². The van der Waals surface area contributed by atoms with Crippen LogP contribution in [0.5, 0.6) is 0 Å². The molecular weight excluding hydrogens is 138 g/mol. The molecule has 0 N–H and O–H groups in total. The molecule has 1 aliphatic rings. The molecule has 1 heterocycles. The molecular formula is C9H17NO. The summed E-state index contributed by atoms with van der Waals surface area (Å²) in [5, 5.41) is 0. The lowest BCUT2D eigenvalue weighted by Crippen LogP contribution is -2.47. The lowest BCUT2D eigenvalue weighted by molar-refractivity contribution is -0.0447. The molecule has 0 aromatic carbocycles. The molecule has 0 aromatic heterocycles. The standard InChI is InChI=1S/C9H17NO/c1-4-5-10-6-9(3)11-7-8(10)2/h4,8-9H,1,5-7H2,2-3H3. The molecule has 2 heteroatoms. The van der Waals surface area contributed by atoms with E-state index in [4.69, 9.17) is 4.74 Å². The van der Waals surface area contributed by atoms with Crippen molar-refractivity contribution in [3.8, 4) is 0 Å². The van der Waals surface area contributed by atoms with Gasteiger partial charge >= 0.3 is 0 Å². The first-order valence-electron chi connectivity index (χ1n) is 4.20. The van der Waals surface area contributed by atoms with E-state index in [1.807, 2.05) is 6.08 Å². The Morgan fingerprint density at radius 1 is 1.64 bits per heavy atom. The lowest BCUT2D eigenvalue weighted by atomic mass is 10.2. The Labute approximate surface area is 68.8 Å². The number of hydrogen-bond acceptors (Lipinski definition) is 2. The van der Waals surface area contributed by atoms with Crippen LogP contribution in [0.3, 0.4) is 0 Å². The molecule has 0 aromatic rings. The van der Waals surface area contributed by atoms with E-state index < -0.39 is 0 Å². The average molecular weight is 155 g/mol. The number of nitrogens with zero attached hydrogens (tertiary/aromatic N) is 1. The van der Waals surface area contributed by atoms with E-state index in [-0.39, 0.29) is 0 Å². The third-order valence-corrected chi connectivity index (χ3v) is 2.10. The summed E-state index contributed by atoms with van der Waals surface area (Å²) in [6.07, 6.45) is 2.33. The fourth-order valence-electron chi connectivity index (χ4n) is 1.39. The van der Waals surface area contributed by atoms with Crippen molar-refractivity contribution in [1.29, 1.82) is 0 Å². The summed E-state index contributed by atoms with van der Waals surface area (Å²) in [6.45, 7) is 10.9. The van der Waals surface area contributed by atoms with Crippen LogP contribution in [0, 0.1) is 0 Å². The first kappa shape index (κ1) is 8.75. The van der Waals surface area contributed by atoms with Crippen molar-refractivity contribution >= 4 is 0 Å². The Hall–Kier alpha value is -0.340. The Morgan fingerprint density at radius 2 is 2.36 bits per heavy atom. The number of ether oxygens (including phenoxy) is 1. The quantitative estimate of drug-likeness (QED) is 0.557. The minimum atomic E-state index is 0.381. The molecule has 1 saturated heterocycles. The molecule has 0 saturated carbocycles. The average Bonchev–Trinajstić information content (AvgIpc) is 1.98. The van der Waals surface area contributed by atoms with Crippen LogP contribution >= 0.6 is 0 Å². The van der Waals surface area contributed by atoms with E-state index in [0.29, 0.717) is 12.1 Å². The third kappa shape index (κ3) is 2.31. The van der Waals surface area contributed by atoms with Gasteiger partial charge in [0.05, 0.1) is 12.7 Å². The number of morpholine rings is 1. The van der Waals surface area contributed by atoms with E-state index >= 15 is 0 Å². The second-order valence-corrected chi connectivity index (χ2v) is 3.24. The van der Waals surface area contributed by atoms with Gasteiger partial charge in [-0.3, -0.25) is 4.90 Å². The second-order valence-electron chi connectivity index (χ2n) is 3.24. The van der Waals surface area contributed by atoms with Gasteiger partial charge in [-0.05, 0) is 13.8 Å². The number of rotatable bonds is 2. The van der Waals surface area contributed by atoms with Crippen molar-refractivity contribution in [3.63, 3.8) is 0 Å². The maximum absolute atomic E-state index is 5.49. The van der Waals surface area contributed by atoms with Gasteiger partial charge in [0, 0.05) is 19.1 Å². The molecule has 2 nitrogen and oxygen atoms in total. The molecule has 0 radical (unpaired) electrons. The van der Waals surface area contributed by atoms with Gasteiger partial charge in [-0.15, -0.1) is 6.58 Å². The zero-order valence-corrected chi connectivity index (χ0v) is 7.42. The summed E-state index contributed by atoms with van der Waals surface area (Å²) in [6, 6.07) is 0.546. The van der Waals surface area contributed by atoms with Crippen LogP contribution in [0.4, 0.5) is 0 Å². The van der Waals surface area contributed by atoms with Gasteiger partial charge in [0.1, 0.15) is 0 Å². The van der Waals surface area contributed by atoms with E-state index in [2.05, 4.69) is 25.3 Å². The Bertz CT molecular complexity index is 136. The third-order valence-electron chi connectivity index (χ3n) is 2.10. The molecule has 1 rings (SSSR count). The van der Waals surface area contributed by atoms with Crippen LogP contribution in [-0.2, 0) is 4.74 Å². The van der Waals surface area contributed by atoms with E-state index in [1.165, 1.54) is 0 Å². The minimum Gasteiger partial charge on any atom is -0.376 e. The van der Waals surface area contributed by atoms with Crippen molar-refractivity contribution < 1.29 is 4.74 Å². The van der Waals surface area contributed by atoms with Crippen molar-refractivity contribution in [2.45, 2.75) is 26.0 Å². The van der Waals surface area contributed by atoms with Crippen LogP contribution in [0.15, 0.2) is 12.7 Å². The van der Waals surface area contributed by atoms with Gasteiger partial charge in [0.15, 0.2) is 0 Å². The highest BCUT2D eigenvalue weighted by Crippen LogP contribution is 2.10. The molecule has 64 valence electrons. The predicted octanol–water partition coefficient (Wildman–Crippen LogP) is 1.28. The molecule has 0 bridgehead atoms. The van der Waals surface area contributed by atoms with Gasteiger partial charge in [0.2, 0.25) is 0 Å². The minimum absolute atomic E-state index is 0.381. The Kier molecular flexibility index (Phi) is 3.09. The summed E-state index contributed by atoms with van der Waals surface area (Å²) in [4.78, 5) is 2.39. The maximum Gasteiger partial charge on any atom is 0.0674 e. The van der Waals surface area contributed by atoms with Crippen molar-refractivity contribution in [2.24, 2.45) is 0 Å². The highest BCUT2D eigenvalue weighted by atomic mass is 16.5. The molecule has 1 aliphatic heterocycles. The Balaban J connectivity index is 2.40. The van der Waals surface area contributed by atoms with Crippen LogP contribution in [0.1, 0.15) is 13.8 Å². The summed E-state index contributed by atoms with van der Waals surface area (Å²) in [7, 11) is 0. The zero-order valence-electron chi connectivity index (χ0n) is 7.42. The molecule has 0 aliphatic carbocycles. The fourth-order valence-corrected chi connectivity index (χ4v) is 1.39. The van der Waals surface area contributed by atoms with E-state index in [1.54, 1.807) is 0 Å². The molecule has 11 heavy (non-hydrogen) atoms. The molecule has 1 fully saturated rings. The van der Waals surface area contributed by atoms with Crippen LogP contribution in [0.25, 0.3) is 0 Å². The smallest absolute Gasteiger partial charge is 0.0674 e. The second kappa shape index (κ2) is 3.88. The summed E-state index contributed by atoms with van der Waals surface area (Å²) >= 11 is 0. The summed E-state index contributed by atoms with van der Waals surface area (Å²) in [5.74, 6) is 0. The molecule has 2 atom stereocenters. The predicted molar refractivity (Wildman–Crippen MR) is 46.6 cm³/mol. The SMILES string of the molecule is C=CCN1CC(C)OCC1C. The van der Waals surface area contributed by atoms with Gasteiger partial charge in [-0.25, -0.2) is 0 Å². The van der Waals surface area contributed by atoms with Crippen molar-refractivity contribution in [3.05, 3.63) is 12.7 Å². The van der Waals surface area contributed by atoms with Gasteiger partial charge < -0.3 is 4.74 Å². The molecule has 0 spiro atoms. The van der Waals surface area contributed by atoms with Gasteiger partial charge in [0.25, 0.3) is 0 Å². The monoisotopic (exact) mass is 155 g/mol. The summed E-state index contributed by atoms with van der Waals surface area (Å²) in [5.41, 5.74) is 0. The van der Waals surface area contributed by atoms with Crippen LogP contribution < -0.4 is 0 Å². The van der Waals surface area contributed by atoms with Crippen LogP contribution in [0.2, 0.25) is 0 Å². The normalized spacial score (nSPS) is 33.6. The van der Waals surface area contributed by atoms with Crippen LogP contribution in [-0.4, -0.2) is 36.7 Å². The largest absolute Gasteiger partial charge is 0.376 e. The highest BCUT2D eigenvalue weighted by molar-refractivity contribution is 4.81. The van der Waals surface area contributed by atoms with Crippen molar-refractivity contribution in [1.82, 2.24) is 4.90 Å². The lowest BCUT2D eigenvalue weighted by Gasteiger charge is -2.35. The first-order chi connectivity index (χ1) is 5.24. The first-order valence-corrected chi connectivity index (χ1v) is 4.20. The van der Waals surface area contributed by atoms with E-state index in [9.17, 15) is 0 Å². The summed E-state index contributed by atoms with van der Waals surface area (Å²) < 4.78 is 5.49. The Morgan fingerprint density at radius 3 is 3.00 bits per heavy atom. The molecule has 0 amide bonds. The fraction of sp³-hybridized carbons (Fsp3) is 0.778. The van der Waals surface area contributed by atoms with Gasteiger partial charge in [-0.1, -0.05) is 6.08 Å². The maximum atomic E-state index is 5.49.